The van der Waals surface area contributed by atoms with Crippen molar-refractivity contribution in [1.29, 1.82) is 0 Å². The Morgan fingerprint density at radius 3 is 3.06 bits per heavy atom. The van der Waals surface area contributed by atoms with Crippen molar-refractivity contribution in [3.05, 3.63) is 0 Å². The Bertz CT molecular complexity index is 229. The van der Waals surface area contributed by atoms with Crippen LogP contribution in [0.1, 0.15) is 32.6 Å². The molecule has 2 heterocycles. The molecule has 2 rings (SSSR count). The highest BCUT2D eigenvalue weighted by Gasteiger charge is 2.38. The van der Waals surface area contributed by atoms with E-state index in [1.54, 1.807) is 0 Å². The third-order valence-corrected chi connectivity index (χ3v) is 5.66. The highest BCUT2D eigenvalue weighted by Crippen LogP contribution is 2.32. The van der Waals surface area contributed by atoms with Gasteiger partial charge in [0, 0.05) is 49.4 Å². The Hall–Kier alpha value is 0.230. The molecule has 0 bridgehead atoms. The average molecular weight is 258 g/mol. The summed E-state index contributed by atoms with van der Waals surface area (Å²) >= 11 is 2.13. The van der Waals surface area contributed by atoms with Gasteiger partial charge < -0.3 is 10.5 Å². The monoisotopic (exact) mass is 258 g/mol. The molecule has 2 saturated heterocycles. The molecule has 4 heteroatoms. The summed E-state index contributed by atoms with van der Waals surface area (Å²) in [6, 6.07) is 0. The van der Waals surface area contributed by atoms with Crippen LogP contribution in [0, 0.1) is 0 Å². The summed E-state index contributed by atoms with van der Waals surface area (Å²) in [6.45, 7) is 7.32. The molecule has 2 unspecified atom stereocenters. The average Bonchev–Trinajstić information content (AvgIpc) is 2.65. The number of hydrogen-bond donors (Lipinski definition) is 1. The van der Waals surface area contributed by atoms with Crippen LogP contribution in [0.5, 0.6) is 0 Å². The molecule has 0 aromatic rings. The molecule has 2 fully saturated rings. The largest absolute Gasteiger partial charge is 0.381 e. The highest BCUT2D eigenvalue weighted by atomic mass is 32.2. The molecule has 0 aromatic carbocycles. The minimum atomic E-state index is 0.227. The molecule has 2 atom stereocenters. The van der Waals surface area contributed by atoms with E-state index < -0.39 is 0 Å². The first-order valence-corrected chi connectivity index (χ1v) is 8.00. The molecule has 0 spiro atoms. The molecule has 2 aliphatic heterocycles. The number of nitrogens with two attached hydrogens (primary N) is 1. The summed E-state index contributed by atoms with van der Waals surface area (Å²) < 4.78 is 5.61. The number of hydrogen-bond acceptors (Lipinski definition) is 4. The predicted octanol–water partition coefficient (Wildman–Crippen LogP) is 1.71. The van der Waals surface area contributed by atoms with Crippen LogP contribution in [0.25, 0.3) is 0 Å². The third-order valence-electron chi connectivity index (χ3n) is 4.29. The smallest absolute Gasteiger partial charge is 0.0484 e. The SMILES string of the molecule is CCC1CN(C2(CN)CCCOCC2)CCS1. The van der Waals surface area contributed by atoms with Crippen molar-refractivity contribution in [1.82, 2.24) is 4.90 Å². The quantitative estimate of drug-likeness (QED) is 0.836. The number of thioether (sulfide) groups is 1. The first kappa shape index (κ1) is 13.7. The van der Waals surface area contributed by atoms with Gasteiger partial charge in [-0.05, 0) is 25.7 Å². The molecular weight excluding hydrogens is 232 g/mol. The van der Waals surface area contributed by atoms with Crippen molar-refractivity contribution in [3.8, 4) is 0 Å². The Labute approximate surface area is 109 Å². The number of rotatable bonds is 3. The van der Waals surface area contributed by atoms with Gasteiger partial charge in [-0.1, -0.05) is 6.92 Å². The van der Waals surface area contributed by atoms with Crippen molar-refractivity contribution in [2.24, 2.45) is 5.73 Å². The van der Waals surface area contributed by atoms with Gasteiger partial charge in [0.1, 0.15) is 0 Å². The second-order valence-electron chi connectivity index (χ2n) is 5.24. The Morgan fingerprint density at radius 1 is 1.41 bits per heavy atom. The van der Waals surface area contributed by atoms with E-state index in [1.165, 1.54) is 31.7 Å². The Balaban J connectivity index is 2.04. The summed E-state index contributed by atoms with van der Waals surface area (Å²) in [5.41, 5.74) is 6.35. The molecule has 2 N–H and O–H groups in total. The van der Waals surface area contributed by atoms with Gasteiger partial charge in [0.25, 0.3) is 0 Å². The lowest BCUT2D eigenvalue weighted by Gasteiger charge is -2.46. The topological polar surface area (TPSA) is 38.5 Å². The van der Waals surface area contributed by atoms with Crippen LogP contribution in [0.3, 0.4) is 0 Å². The van der Waals surface area contributed by atoms with Gasteiger partial charge in [-0.2, -0.15) is 11.8 Å². The highest BCUT2D eigenvalue weighted by molar-refractivity contribution is 8.00. The second-order valence-corrected chi connectivity index (χ2v) is 6.65. The minimum Gasteiger partial charge on any atom is -0.381 e. The standard InChI is InChI=1S/C13H26N2OS/c1-2-12-10-15(6-9-17-12)13(11-14)4-3-7-16-8-5-13/h12H,2-11,14H2,1H3. The van der Waals surface area contributed by atoms with Crippen LogP contribution in [-0.4, -0.2) is 54.3 Å². The summed E-state index contributed by atoms with van der Waals surface area (Å²) in [5.74, 6) is 1.26. The van der Waals surface area contributed by atoms with Crippen LogP contribution in [0.2, 0.25) is 0 Å². The molecule has 0 amide bonds. The normalized spacial score (nSPS) is 36.7. The zero-order chi connectivity index (χ0) is 12.1. The van der Waals surface area contributed by atoms with Crippen molar-refractivity contribution in [2.75, 3.05) is 38.6 Å². The zero-order valence-corrected chi connectivity index (χ0v) is 11.8. The summed E-state index contributed by atoms with van der Waals surface area (Å²) in [4.78, 5) is 2.67. The van der Waals surface area contributed by atoms with Crippen molar-refractivity contribution in [2.45, 2.75) is 43.4 Å². The van der Waals surface area contributed by atoms with Gasteiger partial charge in [-0.15, -0.1) is 0 Å². The lowest BCUT2D eigenvalue weighted by atomic mass is 9.88. The zero-order valence-electron chi connectivity index (χ0n) is 11.0. The first-order valence-electron chi connectivity index (χ1n) is 6.95. The van der Waals surface area contributed by atoms with Crippen LogP contribution < -0.4 is 5.73 Å². The molecule has 100 valence electrons. The maximum absolute atomic E-state index is 6.12. The van der Waals surface area contributed by atoms with Gasteiger partial charge in [0.15, 0.2) is 0 Å². The summed E-state index contributed by atoms with van der Waals surface area (Å²) in [7, 11) is 0. The Kier molecular flexibility index (Phi) is 5.15. The predicted molar refractivity (Wildman–Crippen MR) is 74.6 cm³/mol. The van der Waals surface area contributed by atoms with E-state index in [0.29, 0.717) is 0 Å². The maximum atomic E-state index is 6.12. The van der Waals surface area contributed by atoms with E-state index in [1.807, 2.05) is 0 Å². The molecule has 0 saturated carbocycles. The lowest BCUT2D eigenvalue weighted by molar-refractivity contribution is 0.0695. The number of ether oxygens (including phenoxy) is 1. The molecule has 2 aliphatic rings. The second kappa shape index (κ2) is 6.41. The third kappa shape index (κ3) is 3.16. The van der Waals surface area contributed by atoms with Gasteiger partial charge in [0.2, 0.25) is 0 Å². The van der Waals surface area contributed by atoms with Crippen molar-refractivity contribution in [3.63, 3.8) is 0 Å². The fourth-order valence-electron chi connectivity index (χ4n) is 3.04. The maximum Gasteiger partial charge on any atom is 0.0484 e. The van der Waals surface area contributed by atoms with Crippen LogP contribution in [0.4, 0.5) is 0 Å². The lowest BCUT2D eigenvalue weighted by Crippen LogP contribution is -2.58. The summed E-state index contributed by atoms with van der Waals surface area (Å²) in [5, 5.41) is 0.802. The van der Waals surface area contributed by atoms with Crippen LogP contribution in [-0.2, 0) is 4.74 Å². The fraction of sp³-hybridized carbons (Fsp3) is 1.00. The van der Waals surface area contributed by atoms with Crippen molar-refractivity contribution >= 4 is 11.8 Å². The van der Waals surface area contributed by atoms with E-state index in [4.69, 9.17) is 10.5 Å². The van der Waals surface area contributed by atoms with E-state index in [-0.39, 0.29) is 5.54 Å². The molecule has 0 aromatic heterocycles. The number of nitrogens with zero attached hydrogens (tertiary/aromatic N) is 1. The van der Waals surface area contributed by atoms with E-state index in [0.717, 1.165) is 37.9 Å². The molecule has 3 nitrogen and oxygen atoms in total. The van der Waals surface area contributed by atoms with E-state index in [9.17, 15) is 0 Å². The molecular formula is C13H26N2OS. The van der Waals surface area contributed by atoms with E-state index >= 15 is 0 Å². The first-order chi connectivity index (χ1) is 8.30. The van der Waals surface area contributed by atoms with Gasteiger partial charge in [-0.25, -0.2) is 0 Å². The van der Waals surface area contributed by atoms with Crippen LogP contribution in [0.15, 0.2) is 0 Å². The van der Waals surface area contributed by atoms with Gasteiger partial charge in [0.05, 0.1) is 0 Å². The minimum absolute atomic E-state index is 0.227. The molecule has 17 heavy (non-hydrogen) atoms. The van der Waals surface area contributed by atoms with Gasteiger partial charge >= 0.3 is 0 Å². The van der Waals surface area contributed by atoms with E-state index in [2.05, 4.69) is 23.6 Å². The van der Waals surface area contributed by atoms with Crippen molar-refractivity contribution < 1.29 is 4.74 Å². The van der Waals surface area contributed by atoms with Crippen LogP contribution >= 0.6 is 11.8 Å². The molecule has 0 radical (unpaired) electrons. The van der Waals surface area contributed by atoms with Gasteiger partial charge in [-0.3, -0.25) is 4.90 Å². The fourth-order valence-corrected chi connectivity index (χ4v) is 4.22. The molecule has 0 aliphatic carbocycles. The Morgan fingerprint density at radius 2 is 2.29 bits per heavy atom. The summed E-state index contributed by atoms with van der Waals surface area (Å²) in [6.07, 6.45) is 4.77.